The molecule has 0 atom stereocenters. The molecule has 0 fully saturated rings. The van der Waals surface area contributed by atoms with Gasteiger partial charge in [0.05, 0.1) is 5.56 Å². The van der Waals surface area contributed by atoms with Crippen LogP contribution in [0.3, 0.4) is 0 Å². The summed E-state index contributed by atoms with van der Waals surface area (Å²) in [7, 11) is 0. The number of fused-ring (bicyclic) bond motifs is 1. The Morgan fingerprint density at radius 3 is 2.39 bits per heavy atom. The molecule has 124 valence electrons. The van der Waals surface area contributed by atoms with E-state index in [1.807, 2.05) is 0 Å². The van der Waals surface area contributed by atoms with Gasteiger partial charge in [-0.1, -0.05) is 20.8 Å². The van der Waals surface area contributed by atoms with E-state index < -0.39 is 22.8 Å². The van der Waals surface area contributed by atoms with Crippen LogP contribution in [0.5, 0.6) is 5.75 Å². The molecule has 0 spiro atoms. The number of rotatable bonds is 3. The Labute approximate surface area is 129 Å². The van der Waals surface area contributed by atoms with Gasteiger partial charge in [0, 0.05) is 22.9 Å². The molecule has 0 saturated heterocycles. The van der Waals surface area contributed by atoms with E-state index >= 15 is 0 Å². The maximum absolute atomic E-state index is 12.9. The highest BCUT2D eigenvalue weighted by molar-refractivity contribution is 5.85. The molecule has 0 unspecified atom stereocenters. The topological polar surface area (TPSA) is 56.5 Å². The first kappa shape index (κ1) is 17.1. The molecular formula is C16H15F3O4. The van der Waals surface area contributed by atoms with E-state index in [9.17, 15) is 22.8 Å². The Morgan fingerprint density at radius 1 is 1.17 bits per heavy atom. The molecule has 4 nitrogen and oxygen atoms in total. The van der Waals surface area contributed by atoms with Crippen LogP contribution in [-0.4, -0.2) is 12.4 Å². The first-order chi connectivity index (χ1) is 10.5. The molecule has 0 saturated carbocycles. The second-order valence-corrected chi connectivity index (χ2v) is 6.10. The first-order valence-corrected chi connectivity index (χ1v) is 6.80. The molecule has 0 bridgehead atoms. The SMILES string of the molecule is CC(C)(C)C(=O)COc1ccc2c(C(F)(F)F)cc(=O)oc2c1. The fraction of sp³-hybridized carbons (Fsp3) is 0.375. The van der Waals surface area contributed by atoms with Crippen LogP contribution in [0.15, 0.2) is 33.5 Å². The average molecular weight is 328 g/mol. The van der Waals surface area contributed by atoms with E-state index in [4.69, 9.17) is 9.15 Å². The minimum Gasteiger partial charge on any atom is -0.486 e. The standard InChI is InChI=1S/C16H15F3O4/c1-15(2,3)13(20)8-22-9-4-5-10-11(16(17,18)19)7-14(21)23-12(10)6-9/h4-7H,8H2,1-3H3. The van der Waals surface area contributed by atoms with E-state index in [0.717, 1.165) is 6.07 Å². The highest BCUT2D eigenvalue weighted by Gasteiger charge is 2.33. The van der Waals surface area contributed by atoms with Crippen LogP contribution in [0.4, 0.5) is 13.2 Å². The van der Waals surface area contributed by atoms with Crippen molar-refractivity contribution in [3.8, 4) is 5.75 Å². The highest BCUT2D eigenvalue weighted by Crippen LogP contribution is 2.34. The normalized spacial score (nSPS) is 12.4. The van der Waals surface area contributed by atoms with Crippen LogP contribution in [0.1, 0.15) is 26.3 Å². The van der Waals surface area contributed by atoms with Gasteiger partial charge in [-0.25, -0.2) is 4.79 Å². The molecule has 1 aromatic carbocycles. The van der Waals surface area contributed by atoms with Gasteiger partial charge < -0.3 is 9.15 Å². The van der Waals surface area contributed by atoms with Crippen molar-refractivity contribution in [1.29, 1.82) is 0 Å². The average Bonchev–Trinajstić information content (AvgIpc) is 2.41. The number of ketones is 1. The number of hydrogen-bond donors (Lipinski definition) is 0. The van der Waals surface area contributed by atoms with E-state index in [2.05, 4.69) is 0 Å². The van der Waals surface area contributed by atoms with E-state index in [-0.39, 0.29) is 29.1 Å². The van der Waals surface area contributed by atoms with Gasteiger partial charge in [0.2, 0.25) is 0 Å². The molecule has 0 amide bonds. The predicted octanol–water partition coefficient (Wildman–Crippen LogP) is 3.81. The quantitative estimate of drug-likeness (QED) is 0.804. The van der Waals surface area contributed by atoms with Crippen molar-refractivity contribution < 1.29 is 27.1 Å². The first-order valence-electron chi connectivity index (χ1n) is 6.80. The van der Waals surface area contributed by atoms with E-state index in [0.29, 0.717) is 6.07 Å². The molecule has 0 aliphatic heterocycles. The minimum atomic E-state index is -4.67. The molecular weight excluding hydrogens is 313 g/mol. The summed E-state index contributed by atoms with van der Waals surface area (Å²) >= 11 is 0. The zero-order valence-corrected chi connectivity index (χ0v) is 12.8. The van der Waals surface area contributed by atoms with Crippen LogP contribution in [0, 0.1) is 5.41 Å². The summed E-state index contributed by atoms with van der Waals surface area (Å²) in [5.74, 6) is -0.0133. The van der Waals surface area contributed by atoms with Gasteiger partial charge in [-0.3, -0.25) is 4.79 Å². The number of carbonyl (C=O) groups is 1. The van der Waals surface area contributed by atoms with Crippen LogP contribution in [-0.2, 0) is 11.0 Å². The van der Waals surface area contributed by atoms with Crippen molar-refractivity contribution in [2.75, 3.05) is 6.61 Å². The van der Waals surface area contributed by atoms with E-state index in [1.54, 1.807) is 20.8 Å². The molecule has 7 heteroatoms. The predicted molar refractivity (Wildman–Crippen MR) is 77.4 cm³/mol. The molecule has 0 aliphatic carbocycles. The third-order valence-corrected chi connectivity index (χ3v) is 3.23. The molecule has 1 aromatic heterocycles. The van der Waals surface area contributed by atoms with Crippen molar-refractivity contribution in [2.24, 2.45) is 5.41 Å². The summed E-state index contributed by atoms with van der Waals surface area (Å²) in [6, 6.07) is 4.03. The second-order valence-electron chi connectivity index (χ2n) is 6.10. The molecule has 0 radical (unpaired) electrons. The fourth-order valence-electron chi connectivity index (χ4n) is 1.83. The number of benzene rings is 1. The molecule has 2 rings (SSSR count). The lowest BCUT2D eigenvalue weighted by molar-refractivity contribution is -0.136. The summed E-state index contributed by atoms with van der Waals surface area (Å²) in [5, 5.41) is -0.244. The van der Waals surface area contributed by atoms with Crippen LogP contribution < -0.4 is 10.4 Å². The number of Topliss-reactive ketones (excluding diaryl/α,β-unsaturated/α-hetero) is 1. The third-order valence-electron chi connectivity index (χ3n) is 3.23. The summed E-state index contributed by atoms with van der Waals surface area (Å²) in [5.41, 5.74) is -3.01. The van der Waals surface area contributed by atoms with Crippen molar-refractivity contribution in [3.63, 3.8) is 0 Å². The lowest BCUT2D eigenvalue weighted by Gasteiger charge is -2.17. The summed E-state index contributed by atoms with van der Waals surface area (Å²) < 4.78 is 48.8. The van der Waals surface area contributed by atoms with Crippen LogP contribution >= 0.6 is 0 Å². The maximum atomic E-state index is 12.9. The molecule has 0 N–H and O–H groups in total. The van der Waals surface area contributed by atoms with Crippen molar-refractivity contribution in [2.45, 2.75) is 26.9 Å². The Morgan fingerprint density at radius 2 is 1.83 bits per heavy atom. The maximum Gasteiger partial charge on any atom is 0.417 e. The Balaban J connectivity index is 2.37. The number of alkyl halides is 3. The van der Waals surface area contributed by atoms with Gasteiger partial charge in [-0.15, -0.1) is 0 Å². The van der Waals surface area contributed by atoms with Gasteiger partial charge in [0.1, 0.15) is 17.9 Å². The Hall–Kier alpha value is -2.31. The minimum absolute atomic E-state index is 0.151. The van der Waals surface area contributed by atoms with Gasteiger partial charge in [0.15, 0.2) is 5.78 Å². The summed E-state index contributed by atoms with van der Waals surface area (Å²) in [4.78, 5) is 23.1. The number of carbonyl (C=O) groups excluding carboxylic acids is 1. The highest BCUT2D eigenvalue weighted by atomic mass is 19.4. The van der Waals surface area contributed by atoms with Crippen molar-refractivity contribution in [1.82, 2.24) is 0 Å². The number of halogens is 3. The third kappa shape index (κ3) is 3.91. The van der Waals surface area contributed by atoms with Gasteiger partial charge >= 0.3 is 11.8 Å². The molecule has 23 heavy (non-hydrogen) atoms. The fourth-order valence-corrected chi connectivity index (χ4v) is 1.83. The van der Waals surface area contributed by atoms with Gasteiger partial charge in [-0.05, 0) is 12.1 Å². The van der Waals surface area contributed by atoms with Crippen LogP contribution in [0.2, 0.25) is 0 Å². The van der Waals surface area contributed by atoms with Gasteiger partial charge in [-0.2, -0.15) is 13.2 Å². The Bertz CT molecular complexity index is 798. The zero-order valence-electron chi connectivity index (χ0n) is 12.8. The van der Waals surface area contributed by atoms with Crippen molar-refractivity contribution in [3.05, 3.63) is 40.2 Å². The number of ether oxygens (including phenoxy) is 1. The zero-order chi connectivity index (χ0) is 17.4. The smallest absolute Gasteiger partial charge is 0.417 e. The summed E-state index contributed by atoms with van der Waals surface area (Å²) in [6.07, 6.45) is -4.67. The Kier molecular flexibility index (Phi) is 4.24. The lowest BCUT2D eigenvalue weighted by Crippen LogP contribution is -2.26. The second kappa shape index (κ2) is 5.72. The molecule has 2 aromatic rings. The van der Waals surface area contributed by atoms with E-state index in [1.165, 1.54) is 12.1 Å². The van der Waals surface area contributed by atoms with Gasteiger partial charge in [0.25, 0.3) is 0 Å². The lowest BCUT2D eigenvalue weighted by atomic mass is 9.91. The largest absolute Gasteiger partial charge is 0.486 e. The summed E-state index contributed by atoms with van der Waals surface area (Å²) in [6.45, 7) is 4.97. The molecule has 0 aliphatic rings. The van der Waals surface area contributed by atoms with Crippen LogP contribution in [0.25, 0.3) is 11.0 Å². The molecule has 1 heterocycles. The van der Waals surface area contributed by atoms with Crippen molar-refractivity contribution >= 4 is 16.8 Å². The monoisotopic (exact) mass is 328 g/mol. The number of hydrogen-bond acceptors (Lipinski definition) is 4.